The van der Waals surface area contributed by atoms with E-state index in [-0.39, 0.29) is 46.0 Å². The second kappa shape index (κ2) is 11.3. The first-order valence-electron chi connectivity index (χ1n) is 9.89. The van der Waals surface area contributed by atoms with E-state index >= 15 is 0 Å². The summed E-state index contributed by atoms with van der Waals surface area (Å²) < 4.78 is 40.2. The summed E-state index contributed by atoms with van der Waals surface area (Å²) in [7, 11) is -2.05. The number of anilines is 1. The monoisotopic (exact) mass is 500 g/mol. The van der Waals surface area contributed by atoms with Crippen LogP contribution in [-0.2, 0) is 24.1 Å². The summed E-state index contributed by atoms with van der Waals surface area (Å²) in [6.45, 7) is 4.89. The van der Waals surface area contributed by atoms with E-state index in [1.807, 2.05) is 0 Å². The number of carbonyl (C=O) groups excluding carboxylic acids is 1. The lowest BCUT2D eigenvalue weighted by Gasteiger charge is -2.16. The maximum atomic E-state index is 12.3. The summed E-state index contributed by atoms with van der Waals surface area (Å²) >= 11 is 6.21. The number of halogens is 1. The van der Waals surface area contributed by atoms with Crippen molar-refractivity contribution in [3.63, 3.8) is 0 Å². The van der Waals surface area contributed by atoms with Gasteiger partial charge in [0, 0.05) is 19.2 Å². The van der Waals surface area contributed by atoms with Crippen LogP contribution >= 0.6 is 11.6 Å². The Kier molecular flexibility index (Phi) is 9.03. The molecule has 0 heterocycles. The highest BCUT2D eigenvalue weighted by Gasteiger charge is 2.23. The summed E-state index contributed by atoms with van der Waals surface area (Å²) in [4.78, 5) is 22.9. The van der Waals surface area contributed by atoms with Crippen LogP contribution < -0.4 is 10.1 Å². The number of ether oxygens (including phenoxy) is 3. The van der Waals surface area contributed by atoms with Crippen LogP contribution in [0.25, 0.3) is 0 Å². The molecule has 0 fully saturated rings. The summed E-state index contributed by atoms with van der Waals surface area (Å²) in [6, 6.07) is 7.09. The first-order chi connectivity index (χ1) is 15.5. The topological polar surface area (TPSA) is 134 Å². The number of nitrogens with zero attached hydrogens (tertiary/aromatic N) is 1. The number of esters is 1. The highest BCUT2D eigenvalue weighted by Crippen LogP contribution is 2.36. The molecule has 0 aliphatic carbocycles. The number of sulfone groups is 1. The number of hydrogen-bond acceptors (Lipinski definition) is 9. The molecule has 2 aromatic rings. The van der Waals surface area contributed by atoms with Gasteiger partial charge in [-0.1, -0.05) is 11.6 Å². The van der Waals surface area contributed by atoms with Crippen molar-refractivity contribution in [2.45, 2.75) is 37.0 Å². The molecule has 0 aliphatic heterocycles. The lowest BCUT2D eigenvalue weighted by molar-refractivity contribution is -0.384. The molecule has 0 aliphatic rings. The van der Waals surface area contributed by atoms with Crippen molar-refractivity contribution in [3.05, 3.63) is 51.5 Å². The SMILES string of the molecule is COCCOC(=O)C(C)Nc1cc(Oc2ccc(S(=O)(=O)C(C)C)cc2Cl)ccc1[N+](=O)[O-]. The van der Waals surface area contributed by atoms with Gasteiger partial charge in [0.1, 0.15) is 29.8 Å². The molecule has 0 spiro atoms. The zero-order valence-electron chi connectivity index (χ0n) is 18.5. The van der Waals surface area contributed by atoms with Gasteiger partial charge in [-0.3, -0.25) is 10.1 Å². The molecule has 180 valence electrons. The number of nitro groups is 1. The number of rotatable bonds is 11. The smallest absolute Gasteiger partial charge is 0.328 e. The van der Waals surface area contributed by atoms with Crippen molar-refractivity contribution in [2.24, 2.45) is 0 Å². The van der Waals surface area contributed by atoms with E-state index in [4.69, 9.17) is 25.8 Å². The van der Waals surface area contributed by atoms with Gasteiger partial charge in [-0.15, -0.1) is 0 Å². The van der Waals surface area contributed by atoms with Gasteiger partial charge in [0.25, 0.3) is 5.69 Å². The second-order valence-corrected chi connectivity index (χ2v) is 10.2. The molecule has 1 unspecified atom stereocenters. The van der Waals surface area contributed by atoms with Gasteiger partial charge in [0.2, 0.25) is 0 Å². The van der Waals surface area contributed by atoms with E-state index in [1.54, 1.807) is 13.8 Å². The van der Waals surface area contributed by atoms with Crippen molar-refractivity contribution in [2.75, 3.05) is 25.6 Å². The van der Waals surface area contributed by atoms with Gasteiger partial charge < -0.3 is 19.5 Å². The number of hydrogen-bond donors (Lipinski definition) is 1. The van der Waals surface area contributed by atoms with Crippen molar-refractivity contribution >= 4 is 38.8 Å². The zero-order valence-corrected chi connectivity index (χ0v) is 20.1. The van der Waals surface area contributed by atoms with E-state index in [1.165, 1.54) is 50.4 Å². The molecule has 0 saturated carbocycles. The molecule has 0 radical (unpaired) electrons. The van der Waals surface area contributed by atoms with E-state index < -0.39 is 32.0 Å². The van der Waals surface area contributed by atoms with Gasteiger partial charge in [-0.05, 0) is 45.0 Å². The minimum absolute atomic E-state index is 0.0313. The van der Waals surface area contributed by atoms with Gasteiger partial charge in [0.15, 0.2) is 9.84 Å². The molecule has 0 bridgehead atoms. The van der Waals surface area contributed by atoms with Crippen molar-refractivity contribution < 1.29 is 32.3 Å². The van der Waals surface area contributed by atoms with Crippen LogP contribution in [0, 0.1) is 10.1 Å². The summed E-state index contributed by atoms with van der Waals surface area (Å²) in [5, 5.41) is 13.6. The van der Waals surface area contributed by atoms with Crippen molar-refractivity contribution in [1.82, 2.24) is 0 Å². The molecule has 0 aromatic heterocycles. The number of carbonyl (C=O) groups is 1. The molecule has 1 atom stereocenters. The van der Waals surface area contributed by atoms with E-state index in [2.05, 4.69) is 5.32 Å². The Balaban J connectivity index is 2.27. The Morgan fingerprint density at radius 2 is 1.85 bits per heavy atom. The summed E-state index contributed by atoms with van der Waals surface area (Å²) in [6.07, 6.45) is 0. The molecule has 0 saturated heterocycles. The molecule has 1 N–H and O–H groups in total. The number of methoxy groups -OCH3 is 1. The summed E-state index contributed by atoms with van der Waals surface area (Å²) in [5.74, 6) is -0.270. The van der Waals surface area contributed by atoms with Gasteiger partial charge >= 0.3 is 5.97 Å². The quantitative estimate of drug-likeness (QED) is 0.208. The van der Waals surface area contributed by atoms with Crippen LogP contribution in [0.5, 0.6) is 11.5 Å². The predicted octanol–water partition coefficient (Wildman–Crippen LogP) is 4.21. The van der Waals surface area contributed by atoms with Crippen LogP contribution in [0.1, 0.15) is 20.8 Å². The third-order valence-corrected chi connectivity index (χ3v) is 6.95. The zero-order chi connectivity index (χ0) is 24.8. The fourth-order valence-electron chi connectivity index (χ4n) is 2.64. The molecular weight excluding hydrogens is 476 g/mol. The fraction of sp³-hybridized carbons (Fsp3) is 0.381. The van der Waals surface area contributed by atoms with Gasteiger partial charge in [0.05, 0.1) is 26.7 Å². The normalized spacial score (nSPS) is 12.3. The molecule has 12 heteroatoms. The molecular formula is C21H25ClN2O8S. The standard InChI is InChI=1S/C21H25ClN2O8S/c1-13(2)33(28,29)16-6-8-20(17(22)12-16)32-15-5-7-19(24(26)27)18(11-15)23-14(3)21(25)31-10-9-30-4/h5-8,11-14,23H,9-10H2,1-4H3. The van der Waals surface area contributed by atoms with Gasteiger partial charge in [-0.25, -0.2) is 13.2 Å². The lowest BCUT2D eigenvalue weighted by atomic mass is 10.2. The summed E-state index contributed by atoms with van der Waals surface area (Å²) in [5.41, 5.74) is -0.243. The minimum Gasteiger partial charge on any atom is -0.462 e. The molecule has 10 nitrogen and oxygen atoms in total. The Hall–Kier alpha value is -2.89. The Bertz CT molecular complexity index is 1120. The lowest BCUT2D eigenvalue weighted by Crippen LogP contribution is -2.29. The molecule has 2 aromatic carbocycles. The van der Waals surface area contributed by atoms with Crippen LogP contribution in [-0.4, -0.2) is 50.9 Å². The largest absolute Gasteiger partial charge is 0.462 e. The highest BCUT2D eigenvalue weighted by atomic mass is 35.5. The first kappa shape index (κ1) is 26.4. The van der Waals surface area contributed by atoms with Gasteiger partial charge in [-0.2, -0.15) is 0 Å². The Morgan fingerprint density at radius 1 is 1.15 bits per heavy atom. The molecule has 0 amide bonds. The maximum Gasteiger partial charge on any atom is 0.328 e. The number of nitrogens with one attached hydrogen (secondary N) is 1. The van der Waals surface area contributed by atoms with Crippen LogP contribution in [0.2, 0.25) is 5.02 Å². The second-order valence-electron chi connectivity index (χ2n) is 7.25. The van der Waals surface area contributed by atoms with E-state index in [0.29, 0.717) is 0 Å². The maximum absolute atomic E-state index is 12.3. The number of nitro benzene ring substituents is 1. The molecule has 2 rings (SSSR count). The van der Waals surface area contributed by atoms with Crippen molar-refractivity contribution in [3.8, 4) is 11.5 Å². The van der Waals surface area contributed by atoms with E-state index in [9.17, 15) is 23.3 Å². The third-order valence-electron chi connectivity index (χ3n) is 4.50. The average molecular weight is 501 g/mol. The number of benzene rings is 2. The first-order valence-corrected chi connectivity index (χ1v) is 11.8. The highest BCUT2D eigenvalue weighted by molar-refractivity contribution is 7.92. The minimum atomic E-state index is -3.52. The molecule has 33 heavy (non-hydrogen) atoms. The average Bonchev–Trinajstić information content (AvgIpc) is 2.75. The predicted molar refractivity (Wildman–Crippen MR) is 123 cm³/mol. The Morgan fingerprint density at radius 3 is 2.42 bits per heavy atom. The van der Waals surface area contributed by atoms with Crippen LogP contribution in [0.3, 0.4) is 0 Å². The fourth-order valence-corrected chi connectivity index (χ4v) is 4.00. The third kappa shape index (κ3) is 6.80. The van der Waals surface area contributed by atoms with Crippen molar-refractivity contribution in [1.29, 1.82) is 0 Å². The van der Waals surface area contributed by atoms with Crippen LogP contribution in [0.15, 0.2) is 41.3 Å². The Labute approximate surface area is 196 Å². The van der Waals surface area contributed by atoms with E-state index in [0.717, 1.165) is 0 Å². The van der Waals surface area contributed by atoms with Crippen LogP contribution in [0.4, 0.5) is 11.4 Å².